The van der Waals surface area contributed by atoms with Crippen LogP contribution in [0, 0.1) is 13.8 Å². The molecule has 9 heteroatoms. The number of carbonyl (C=O) groups excluding carboxylic acids is 4. The van der Waals surface area contributed by atoms with Crippen LogP contribution < -0.4 is 20.3 Å². The number of amides is 5. The predicted octanol–water partition coefficient (Wildman–Crippen LogP) is 4.64. The van der Waals surface area contributed by atoms with E-state index in [1.54, 1.807) is 42.5 Å². The average molecular weight is 504 g/mol. The topological polar surface area (TPSA) is 105 Å². The maximum atomic E-state index is 13.0. The molecule has 3 aromatic carbocycles. The fourth-order valence-corrected chi connectivity index (χ4v) is 3.70. The molecule has 3 aromatic rings. The number of barbiturate groups is 1. The van der Waals surface area contributed by atoms with E-state index in [2.05, 4.69) is 10.6 Å². The first kappa shape index (κ1) is 24.7. The zero-order chi connectivity index (χ0) is 25.8. The van der Waals surface area contributed by atoms with Crippen molar-refractivity contribution in [3.63, 3.8) is 0 Å². The highest BCUT2D eigenvalue weighted by atomic mass is 35.5. The number of hydrogen-bond donors (Lipinski definition) is 2. The fraction of sp³-hybridized carbons (Fsp3) is 0.111. The van der Waals surface area contributed by atoms with Crippen LogP contribution in [0.3, 0.4) is 0 Å². The van der Waals surface area contributed by atoms with E-state index in [-0.39, 0.29) is 28.9 Å². The Kier molecular flexibility index (Phi) is 7.17. The van der Waals surface area contributed by atoms with Crippen LogP contribution in [-0.2, 0) is 14.4 Å². The Morgan fingerprint density at radius 2 is 1.61 bits per heavy atom. The molecule has 0 spiro atoms. The summed E-state index contributed by atoms with van der Waals surface area (Å²) in [6, 6.07) is 17.9. The van der Waals surface area contributed by atoms with Crippen LogP contribution in [0.25, 0.3) is 6.08 Å². The minimum atomic E-state index is -0.823. The van der Waals surface area contributed by atoms with Gasteiger partial charge < -0.3 is 10.1 Å². The summed E-state index contributed by atoms with van der Waals surface area (Å²) < 4.78 is 5.52. The lowest BCUT2D eigenvalue weighted by molar-refractivity contribution is -0.122. The number of urea groups is 1. The molecule has 1 aliphatic rings. The van der Waals surface area contributed by atoms with Gasteiger partial charge in [-0.05, 0) is 61.9 Å². The average Bonchev–Trinajstić information content (AvgIpc) is 2.84. The van der Waals surface area contributed by atoms with Gasteiger partial charge in [0.1, 0.15) is 11.3 Å². The Morgan fingerprint density at radius 3 is 2.25 bits per heavy atom. The number of carbonyl (C=O) groups is 4. The van der Waals surface area contributed by atoms with Crippen LogP contribution in [0.15, 0.2) is 72.3 Å². The molecule has 1 fully saturated rings. The molecule has 0 unspecified atom stereocenters. The summed E-state index contributed by atoms with van der Waals surface area (Å²) in [7, 11) is 0. The molecule has 0 bridgehead atoms. The Hall–Kier alpha value is -4.43. The zero-order valence-electron chi connectivity index (χ0n) is 19.5. The van der Waals surface area contributed by atoms with Gasteiger partial charge >= 0.3 is 6.03 Å². The second-order valence-electron chi connectivity index (χ2n) is 8.19. The van der Waals surface area contributed by atoms with E-state index in [4.69, 9.17) is 16.3 Å². The lowest BCUT2D eigenvalue weighted by Crippen LogP contribution is -2.54. The number of hydrogen-bond acceptors (Lipinski definition) is 5. The van der Waals surface area contributed by atoms with Crippen molar-refractivity contribution in [1.29, 1.82) is 0 Å². The molecule has 0 aromatic heterocycles. The molecule has 5 amide bonds. The largest absolute Gasteiger partial charge is 0.482 e. The van der Waals surface area contributed by atoms with Crippen molar-refractivity contribution in [1.82, 2.24) is 5.32 Å². The zero-order valence-corrected chi connectivity index (χ0v) is 20.3. The standard InChI is InChI=1S/C27H22ClN3O5/c1-16-3-8-19(9-4-16)29-24(32)15-36-23-12-7-18(14-22(23)28)13-21-25(33)30-27(35)31(26(21)34)20-10-5-17(2)6-11-20/h3-14H,15H2,1-2H3,(H,29,32)(H,30,33,35)/b21-13+. The summed E-state index contributed by atoms with van der Waals surface area (Å²) in [6.45, 7) is 3.57. The maximum Gasteiger partial charge on any atom is 0.335 e. The summed E-state index contributed by atoms with van der Waals surface area (Å²) in [6.07, 6.45) is 1.34. The molecular weight excluding hydrogens is 482 g/mol. The third-order valence-corrected chi connectivity index (χ3v) is 5.65. The van der Waals surface area contributed by atoms with E-state index in [9.17, 15) is 19.2 Å². The molecule has 0 saturated carbocycles. The van der Waals surface area contributed by atoms with Crippen LogP contribution in [0.4, 0.5) is 16.2 Å². The number of nitrogens with zero attached hydrogens (tertiary/aromatic N) is 1. The Morgan fingerprint density at radius 1 is 0.972 bits per heavy atom. The maximum absolute atomic E-state index is 13.0. The van der Waals surface area contributed by atoms with Gasteiger partial charge in [0.15, 0.2) is 6.61 Å². The number of benzene rings is 3. The Bertz CT molecular complexity index is 1380. The van der Waals surface area contributed by atoms with Crippen molar-refractivity contribution >= 4 is 52.8 Å². The molecule has 182 valence electrons. The third-order valence-electron chi connectivity index (χ3n) is 5.35. The minimum Gasteiger partial charge on any atom is -0.482 e. The molecule has 1 aliphatic heterocycles. The highest BCUT2D eigenvalue weighted by molar-refractivity contribution is 6.39. The van der Waals surface area contributed by atoms with Crippen LogP contribution in [0.1, 0.15) is 16.7 Å². The Labute approximate surface area is 212 Å². The number of nitrogens with one attached hydrogen (secondary N) is 2. The predicted molar refractivity (Wildman–Crippen MR) is 137 cm³/mol. The SMILES string of the molecule is Cc1ccc(NC(=O)COc2ccc(/C=C3\C(=O)NC(=O)N(c4ccc(C)cc4)C3=O)cc2Cl)cc1. The van der Waals surface area contributed by atoms with Crippen molar-refractivity contribution in [2.75, 3.05) is 16.8 Å². The number of halogens is 1. The van der Waals surface area contributed by atoms with Crippen molar-refractivity contribution in [3.8, 4) is 5.75 Å². The second-order valence-corrected chi connectivity index (χ2v) is 8.59. The molecule has 36 heavy (non-hydrogen) atoms. The smallest absolute Gasteiger partial charge is 0.335 e. The number of anilines is 2. The molecular formula is C27H22ClN3O5. The third kappa shape index (κ3) is 5.61. The summed E-state index contributed by atoms with van der Waals surface area (Å²) in [5.41, 5.74) is 3.24. The van der Waals surface area contributed by atoms with E-state index < -0.39 is 17.8 Å². The number of rotatable bonds is 6. The molecule has 0 atom stereocenters. The molecule has 2 N–H and O–H groups in total. The van der Waals surface area contributed by atoms with Crippen molar-refractivity contribution in [3.05, 3.63) is 94.0 Å². The van der Waals surface area contributed by atoms with Crippen molar-refractivity contribution in [2.45, 2.75) is 13.8 Å². The van der Waals surface area contributed by atoms with E-state index in [1.807, 2.05) is 26.0 Å². The number of imide groups is 2. The highest BCUT2D eigenvalue weighted by Crippen LogP contribution is 2.28. The molecule has 0 aliphatic carbocycles. The van der Waals surface area contributed by atoms with Crippen LogP contribution in [0.2, 0.25) is 5.02 Å². The summed E-state index contributed by atoms with van der Waals surface area (Å²) in [4.78, 5) is 50.8. The first-order chi connectivity index (χ1) is 17.2. The van der Waals surface area contributed by atoms with Crippen LogP contribution in [0.5, 0.6) is 5.75 Å². The highest BCUT2D eigenvalue weighted by Gasteiger charge is 2.36. The van der Waals surface area contributed by atoms with Crippen LogP contribution >= 0.6 is 11.6 Å². The van der Waals surface area contributed by atoms with E-state index in [0.717, 1.165) is 16.0 Å². The Balaban J connectivity index is 1.47. The molecule has 1 saturated heterocycles. The van der Waals surface area contributed by atoms with Gasteiger partial charge in [-0.3, -0.25) is 19.7 Å². The monoisotopic (exact) mass is 503 g/mol. The van der Waals surface area contributed by atoms with Crippen molar-refractivity contribution in [2.24, 2.45) is 0 Å². The number of aryl methyl sites for hydroxylation is 2. The van der Waals surface area contributed by atoms with Gasteiger partial charge in [-0.2, -0.15) is 0 Å². The van der Waals surface area contributed by atoms with Gasteiger partial charge in [0.25, 0.3) is 17.7 Å². The van der Waals surface area contributed by atoms with Gasteiger partial charge in [-0.25, -0.2) is 9.69 Å². The summed E-state index contributed by atoms with van der Waals surface area (Å²) >= 11 is 6.31. The van der Waals surface area contributed by atoms with Gasteiger partial charge in [-0.1, -0.05) is 53.1 Å². The van der Waals surface area contributed by atoms with E-state index in [1.165, 1.54) is 18.2 Å². The second kappa shape index (κ2) is 10.5. The fourth-order valence-electron chi connectivity index (χ4n) is 3.45. The first-order valence-corrected chi connectivity index (χ1v) is 11.4. The molecule has 8 nitrogen and oxygen atoms in total. The molecule has 4 rings (SSSR count). The van der Waals surface area contributed by atoms with Gasteiger partial charge in [-0.15, -0.1) is 0 Å². The van der Waals surface area contributed by atoms with E-state index >= 15 is 0 Å². The summed E-state index contributed by atoms with van der Waals surface area (Å²) in [5.74, 6) is -1.66. The van der Waals surface area contributed by atoms with Gasteiger partial charge in [0.05, 0.1) is 10.7 Å². The minimum absolute atomic E-state index is 0.183. The molecule has 0 radical (unpaired) electrons. The normalized spacial score (nSPS) is 14.6. The van der Waals surface area contributed by atoms with Crippen LogP contribution in [-0.4, -0.2) is 30.4 Å². The first-order valence-electron chi connectivity index (χ1n) is 11.0. The van der Waals surface area contributed by atoms with E-state index in [0.29, 0.717) is 16.9 Å². The van der Waals surface area contributed by atoms with Gasteiger partial charge in [0, 0.05) is 5.69 Å². The number of ether oxygens (including phenoxy) is 1. The summed E-state index contributed by atoms with van der Waals surface area (Å²) in [5, 5.41) is 5.09. The quantitative estimate of drug-likeness (QED) is 0.376. The van der Waals surface area contributed by atoms with Gasteiger partial charge in [0.2, 0.25) is 0 Å². The lowest BCUT2D eigenvalue weighted by Gasteiger charge is -2.26. The van der Waals surface area contributed by atoms with Crippen molar-refractivity contribution < 1.29 is 23.9 Å². The molecule has 1 heterocycles. The lowest BCUT2D eigenvalue weighted by atomic mass is 10.1.